The molecule has 26 heavy (non-hydrogen) atoms. The van der Waals surface area contributed by atoms with E-state index in [1.54, 1.807) is 6.92 Å². The maximum absolute atomic E-state index is 13.8. The summed E-state index contributed by atoms with van der Waals surface area (Å²) in [6.45, 7) is 4.22. The predicted octanol–water partition coefficient (Wildman–Crippen LogP) is 2.98. The summed E-state index contributed by atoms with van der Waals surface area (Å²) in [6.07, 6.45) is 2.32. The number of hydrogen-bond donors (Lipinski definition) is 1. The molecule has 0 aliphatic carbocycles. The largest absolute Gasteiger partial charge is 0.349 e. The van der Waals surface area contributed by atoms with Gasteiger partial charge in [0.15, 0.2) is 0 Å². The molecule has 1 saturated heterocycles. The third kappa shape index (κ3) is 5.23. The standard InChI is InChI=1S/C18H26F2N2O3S/c1-3-4-11-26(24,25)22-9-7-14(8-10-22)18(23)21-13(2)16-6-5-15(19)12-17(16)20/h5-6,12-14H,3-4,7-11H2,1-2H3,(H,21,23). The van der Waals surface area contributed by atoms with E-state index in [1.165, 1.54) is 10.4 Å². The highest BCUT2D eigenvalue weighted by atomic mass is 32.2. The Morgan fingerprint density at radius 1 is 1.31 bits per heavy atom. The highest BCUT2D eigenvalue weighted by Gasteiger charge is 2.31. The summed E-state index contributed by atoms with van der Waals surface area (Å²) in [5, 5.41) is 2.74. The van der Waals surface area contributed by atoms with Crippen LogP contribution in [0, 0.1) is 17.6 Å². The minimum atomic E-state index is -3.25. The first-order chi connectivity index (χ1) is 12.2. The van der Waals surface area contributed by atoms with E-state index in [0.29, 0.717) is 32.4 Å². The average Bonchev–Trinajstić information content (AvgIpc) is 2.60. The molecular formula is C18H26F2N2O3S. The number of amides is 1. The average molecular weight is 388 g/mol. The Bertz CT molecular complexity index is 732. The van der Waals surface area contributed by atoms with E-state index < -0.39 is 27.7 Å². The van der Waals surface area contributed by atoms with Crippen LogP contribution in [0.5, 0.6) is 0 Å². The Morgan fingerprint density at radius 3 is 2.54 bits per heavy atom. The molecule has 0 radical (unpaired) electrons. The Morgan fingerprint density at radius 2 is 1.96 bits per heavy atom. The molecule has 0 saturated carbocycles. The van der Waals surface area contributed by atoms with Crippen LogP contribution in [-0.4, -0.2) is 37.5 Å². The summed E-state index contributed by atoms with van der Waals surface area (Å²) in [7, 11) is -3.25. The van der Waals surface area contributed by atoms with Crippen molar-refractivity contribution in [2.24, 2.45) is 5.92 Å². The molecule has 2 rings (SSSR count). The van der Waals surface area contributed by atoms with Gasteiger partial charge in [-0.3, -0.25) is 4.79 Å². The van der Waals surface area contributed by atoms with Gasteiger partial charge in [-0.1, -0.05) is 19.4 Å². The Balaban J connectivity index is 1.90. The molecule has 1 aromatic rings. The molecule has 1 N–H and O–H groups in total. The minimum absolute atomic E-state index is 0.140. The maximum atomic E-state index is 13.8. The fraction of sp³-hybridized carbons (Fsp3) is 0.611. The zero-order chi connectivity index (χ0) is 19.3. The number of nitrogens with zero attached hydrogens (tertiary/aromatic N) is 1. The number of nitrogens with one attached hydrogen (secondary N) is 1. The summed E-state index contributed by atoms with van der Waals surface area (Å²) in [6, 6.07) is 2.67. The van der Waals surface area contributed by atoms with Crippen LogP contribution in [0.3, 0.4) is 0 Å². The van der Waals surface area contributed by atoms with E-state index in [2.05, 4.69) is 5.32 Å². The Kier molecular flexibility index (Phi) is 7.11. The van der Waals surface area contributed by atoms with Gasteiger partial charge in [-0.05, 0) is 32.3 Å². The van der Waals surface area contributed by atoms with Crippen molar-refractivity contribution >= 4 is 15.9 Å². The smallest absolute Gasteiger partial charge is 0.223 e. The van der Waals surface area contributed by atoms with Crippen LogP contribution in [0.1, 0.15) is 51.1 Å². The van der Waals surface area contributed by atoms with Gasteiger partial charge in [0, 0.05) is 30.6 Å². The van der Waals surface area contributed by atoms with Gasteiger partial charge in [0.05, 0.1) is 11.8 Å². The molecular weight excluding hydrogens is 362 g/mol. The Hall–Kier alpha value is -1.54. The molecule has 1 aromatic carbocycles. The van der Waals surface area contributed by atoms with Gasteiger partial charge in [-0.25, -0.2) is 21.5 Å². The molecule has 1 unspecified atom stereocenters. The van der Waals surface area contributed by atoms with E-state index in [9.17, 15) is 22.0 Å². The minimum Gasteiger partial charge on any atom is -0.349 e. The zero-order valence-electron chi connectivity index (χ0n) is 15.2. The first-order valence-electron chi connectivity index (χ1n) is 8.97. The molecule has 0 bridgehead atoms. The van der Waals surface area contributed by atoms with E-state index in [-0.39, 0.29) is 23.1 Å². The molecule has 1 heterocycles. The van der Waals surface area contributed by atoms with Gasteiger partial charge < -0.3 is 5.32 Å². The Labute approximate surface area is 153 Å². The SMILES string of the molecule is CCCCS(=O)(=O)N1CCC(C(=O)NC(C)c2ccc(F)cc2F)CC1. The highest BCUT2D eigenvalue weighted by molar-refractivity contribution is 7.89. The topological polar surface area (TPSA) is 66.5 Å². The van der Waals surface area contributed by atoms with Gasteiger partial charge in [-0.15, -0.1) is 0 Å². The van der Waals surface area contributed by atoms with Gasteiger partial charge in [-0.2, -0.15) is 0 Å². The lowest BCUT2D eigenvalue weighted by Gasteiger charge is -2.31. The maximum Gasteiger partial charge on any atom is 0.223 e. The second kappa shape index (κ2) is 8.90. The van der Waals surface area contributed by atoms with Crippen LogP contribution in [0.2, 0.25) is 0 Å². The van der Waals surface area contributed by atoms with Gasteiger partial charge >= 0.3 is 0 Å². The third-order valence-corrected chi connectivity index (χ3v) is 6.72. The molecule has 1 amide bonds. The van der Waals surface area contributed by atoms with Gasteiger partial charge in [0.1, 0.15) is 11.6 Å². The first kappa shape index (κ1) is 20.8. The number of unbranched alkanes of at least 4 members (excludes halogenated alkanes) is 1. The molecule has 1 atom stereocenters. The molecule has 1 fully saturated rings. The fourth-order valence-electron chi connectivity index (χ4n) is 3.11. The number of rotatable bonds is 7. The van der Waals surface area contributed by atoms with Crippen molar-refractivity contribution in [3.63, 3.8) is 0 Å². The lowest BCUT2D eigenvalue weighted by Crippen LogP contribution is -2.44. The van der Waals surface area contributed by atoms with Gasteiger partial charge in [0.25, 0.3) is 0 Å². The third-order valence-electron chi connectivity index (χ3n) is 4.76. The molecule has 8 heteroatoms. The number of halogens is 2. The summed E-state index contributed by atoms with van der Waals surface area (Å²) in [5.74, 6) is -1.76. The van der Waals surface area contributed by atoms with Crippen molar-refractivity contribution in [3.8, 4) is 0 Å². The number of carbonyl (C=O) groups excluding carboxylic acids is 1. The molecule has 1 aliphatic rings. The lowest BCUT2D eigenvalue weighted by atomic mass is 9.96. The quantitative estimate of drug-likeness (QED) is 0.781. The predicted molar refractivity (Wildman–Crippen MR) is 95.9 cm³/mol. The first-order valence-corrected chi connectivity index (χ1v) is 10.6. The highest BCUT2D eigenvalue weighted by Crippen LogP contribution is 2.23. The fourth-order valence-corrected chi connectivity index (χ4v) is 4.79. The molecule has 5 nitrogen and oxygen atoms in total. The van der Waals surface area contributed by atoms with Crippen molar-refractivity contribution in [2.45, 2.75) is 45.6 Å². The van der Waals surface area contributed by atoms with E-state index >= 15 is 0 Å². The summed E-state index contributed by atoms with van der Waals surface area (Å²) < 4.78 is 52.7. The van der Waals surface area contributed by atoms with E-state index in [0.717, 1.165) is 18.6 Å². The summed E-state index contributed by atoms with van der Waals surface area (Å²) in [5.41, 5.74) is 0.222. The zero-order valence-corrected chi connectivity index (χ0v) is 16.0. The van der Waals surface area contributed by atoms with Crippen molar-refractivity contribution in [1.82, 2.24) is 9.62 Å². The van der Waals surface area contributed by atoms with Crippen molar-refractivity contribution < 1.29 is 22.0 Å². The monoisotopic (exact) mass is 388 g/mol. The second-order valence-electron chi connectivity index (χ2n) is 6.74. The van der Waals surface area contributed by atoms with Crippen LogP contribution in [0.25, 0.3) is 0 Å². The normalized spacial score (nSPS) is 17.8. The number of hydrogen-bond acceptors (Lipinski definition) is 3. The second-order valence-corrected chi connectivity index (χ2v) is 8.83. The molecule has 146 valence electrons. The van der Waals surface area contributed by atoms with Crippen molar-refractivity contribution in [2.75, 3.05) is 18.8 Å². The van der Waals surface area contributed by atoms with Crippen LogP contribution >= 0.6 is 0 Å². The number of piperidine rings is 1. The van der Waals surface area contributed by atoms with E-state index in [1.807, 2.05) is 6.92 Å². The van der Waals surface area contributed by atoms with Crippen LogP contribution in [0.15, 0.2) is 18.2 Å². The van der Waals surface area contributed by atoms with Crippen molar-refractivity contribution in [1.29, 1.82) is 0 Å². The molecule has 0 aromatic heterocycles. The van der Waals surface area contributed by atoms with Crippen LogP contribution in [0.4, 0.5) is 8.78 Å². The van der Waals surface area contributed by atoms with E-state index in [4.69, 9.17) is 0 Å². The van der Waals surface area contributed by atoms with Crippen LogP contribution < -0.4 is 5.32 Å². The molecule has 1 aliphatic heterocycles. The number of sulfonamides is 1. The lowest BCUT2D eigenvalue weighted by molar-refractivity contribution is -0.126. The summed E-state index contributed by atoms with van der Waals surface area (Å²) >= 11 is 0. The van der Waals surface area contributed by atoms with Crippen LogP contribution in [-0.2, 0) is 14.8 Å². The molecule has 0 spiro atoms. The van der Waals surface area contributed by atoms with Gasteiger partial charge in [0.2, 0.25) is 15.9 Å². The van der Waals surface area contributed by atoms with Crippen molar-refractivity contribution in [3.05, 3.63) is 35.4 Å². The number of benzene rings is 1. The number of carbonyl (C=O) groups is 1. The summed E-state index contributed by atoms with van der Waals surface area (Å²) in [4.78, 5) is 12.4.